The van der Waals surface area contributed by atoms with Gasteiger partial charge in [-0.05, 0) is 49.0 Å². The van der Waals surface area contributed by atoms with Crippen LogP contribution in [-0.4, -0.2) is 13.1 Å². The van der Waals surface area contributed by atoms with Gasteiger partial charge in [-0.25, -0.2) is 0 Å². The fraction of sp³-hybridized carbons (Fsp3) is 0.600. The number of halogens is 1. The first-order chi connectivity index (χ1) is 8.34. The molecule has 2 nitrogen and oxygen atoms in total. The summed E-state index contributed by atoms with van der Waals surface area (Å²) in [7, 11) is 0. The molecule has 1 fully saturated rings. The number of hydrogen-bond donors (Lipinski definition) is 1. The molecular formula is C15H22ClNO. The Kier molecular flexibility index (Phi) is 4.31. The average molecular weight is 268 g/mol. The normalized spacial score (nSPS) is 20.5. The summed E-state index contributed by atoms with van der Waals surface area (Å²) in [4.78, 5) is 0. The van der Waals surface area contributed by atoms with Crippen LogP contribution in [0.15, 0.2) is 18.2 Å². The second-order valence-corrected chi connectivity index (χ2v) is 5.27. The van der Waals surface area contributed by atoms with Crippen molar-refractivity contribution in [3.63, 3.8) is 0 Å². The summed E-state index contributed by atoms with van der Waals surface area (Å²) in [5, 5.41) is 3.42. The molecule has 0 aliphatic carbocycles. The number of fused-ring (bicyclic) bond motifs is 2. The van der Waals surface area contributed by atoms with Crippen LogP contribution in [0, 0.1) is 0 Å². The summed E-state index contributed by atoms with van der Waals surface area (Å²) in [6, 6.07) is 6.97. The Bertz CT molecular complexity index is 413. The lowest BCUT2D eigenvalue weighted by atomic mass is 9.84. The smallest absolute Gasteiger partial charge is 0.0963 e. The van der Waals surface area contributed by atoms with Crippen LogP contribution in [0.2, 0.25) is 0 Å². The molecule has 2 aliphatic rings. The van der Waals surface area contributed by atoms with Crippen LogP contribution in [0.4, 0.5) is 0 Å². The molecule has 0 amide bonds. The first kappa shape index (κ1) is 13.9. The van der Waals surface area contributed by atoms with E-state index in [0.29, 0.717) is 0 Å². The van der Waals surface area contributed by atoms with Crippen LogP contribution in [0.5, 0.6) is 0 Å². The number of nitrogens with one attached hydrogen (secondary N) is 1. The Morgan fingerprint density at radius 3 is 2.78 bits per heavy atom. The van der Waals surface area contributed by atoms with Gasteiger partial charge in [-0.1, -0.05) is 31.5 Å². The van der Waals surface area contributed by atoms with Crippen molar-refractivity contribution in [1.29, 1.82) is 0 Å². The first-order valence-corrected chi connectivity index (χ1v) is 6.81. The highest BCUT2D eigenvalue weighted by atomic mass is 35.5. The number of ether oxygens (including phenoxy) is 1. The molecule has 1 saturated heterocycles. The van der Waals surface area contributed by atoms with Crippen molar-refractivity contribution in [3.05, 3.63) is 34.9 Å². The summed E-state index contributed by atoms with van der Waals surface area (Å²) in [6.45, 7) is 5.21. The van der Waals surface area contributed by atoms with Gasteiger partial charge >= 0.3 is 0 Å². The van der Waals surface area contributed by atoms with Crippen molar-refractivity contribution in [3.8, 4) is 0 Å². The van der Waals surface area contributed by atoms with E-state index in [1.54, 1.807) is 0 Å². The topological polar surface area (TPSA) is 21.3 Å². The van der Waals surface area contributed by atoms with Gasteiger partial charge in [0.05, 0.1) is 12.2 Å². The summed E-state index contributed by atoms with van der Waals surface area (Å²) in [6.07, 6.45) is 4.64. The summed E-state index contributed by atoms with van der Waals surface area (Å²) in [5.74, 6) is 0. The largest absolute Gasteiger partial charge is 0.365 e. The Labute approximate surface area is 116 Å². The van der Waals surface area contributed by atoms with Gasteiger partial charge in [-0.2, -0.15) is 0 Å². The van der Waals surface area contributed by atoms with Crippen molar-refractivity contribution in [2.24, 2.45) is 0 Å². The van der Waals surface area contributed by atoms with Crippen molar-refractivity contribution in [2.45, 2.75) is 44.8 Å². The molecule has 0 unspecified atom stereocenters. The molecule has 100 valence electrons. The highest BCUT2D eigenvalue weighted by molar-refractivity contribution is 5.85. The van der Waals surface area contributed by atoms with E-state index in [4.69, 9.17) is 4.74 Å². The van der Waals surface area contributed by atoms with Crippen LogP contribution >= 0.6 is 12.4 Å². The molecule has 3 heteroatoms. The number of piperidine rings is 1. The summed E-state index contributed by atoms with van der Waals surface area (Å²) < 4.78 is 6.14. The predicted molar refractivity (Wildman–Crippen MR) is 76.3 cm³/mol. The molecule has 18 heavy (non-hydrogen) atoms. The summed E-state index contributed by atoms with van der Waals surface area (Å²) in [5.41, 5.74) is 4.38. The molecule has 2 heterocycles. The quantitative estimate of drug-likeness (QED) is 0.889. The van der Waals surface area contributed by atoms with Gasteiger partial charge < -0.3 is 10.1 Å². The van der Waals surface area contributed by atoms with E-state index in [2.05, 4.69) is 30.4 Å². The SMILES string of the molecule is CCCc1ccc2c(c1)COC21CCNCC1.Cl. The minimum atomic E-state index is 0. The maximum absolute atomic E-state index is 6.14. The highest BCUT2D eigenvalue weighted by Gasteiger charge is 2.40. The van der Waals surface area contributed by atoms with Gasteiger partial charge in [0, 0.05) is 0 Å². The molecule has 0 aromatic heterocycles. The third kappa shape index (κ3) is 2.29. The Morgan fingerprint density at radius 1 is 1.28 bits per heavy atom. The summed E-state index contributed by atoms with van der Waals surface area (Å²) >= 11 is 0. The van der Waals surface area contributed by atoms with Gasteiger partial charge in [0.2, 0.25) is 0 Å². The molecule has 3 rings (SSSR count). The van der Waals surface area contributed by atoms with E-state index in [0.717, 1.165) is 32.5 Å². The monoisotopic (exact) mass is 267 g/mol. The van der Waals surface area contributed by atoms with Crippen molar-refractivity contribution in [1.82, 2.24) is 5.32 Å². The standard InChI is InChI=1S/C15H21NO.ClH/c1-2-3-12-4-5-14-13(10-12)11-17-15(14)6-8-16-9-7-15;/h4-5,10,16H,2-3,6-9,11H2,1H3;1H. The lowest BCUT2D eigenvalue weighted by molar-refractivity contribution is -0.0590. The number of aryl methyl sites for hydroxylation is 1. The van der Waals surface area contributed by atoms with Gasteiger partial charge in [-0.15, -0.1) is 12.4 Å². The molecule has 2 aliphatic heterocycles. The second-order valence-electron chi connectivity index (χ2n) is 5.27. The van der Waals surface area contributed by atoms with Gasteiger partial charge in [-0.3, -0.25) is 0 Å². The Balaban J connectivity index is 0.00000120. The van der Waals surface area contributed by atoms with E-state index in [-0.39, 0.29) is 18.0 Å². The van der Waals surface area contributed by atoms with E-state index in [1.165, 1.54) is 29.5 Å². The zero-order valence-electron chi connectivity index (χ0n) is 11.0. The Morgan fingerprint density at radius 2 is 2.06 bits per heavy atom. The zero-order valence-corrected chi connectivity index (χ0v) is 11.8. The Hall–Kier alpha value is -0.570. The highest BCUT2D eigenvalue weighted by Crippen LogP contribution is 2.43. The third-order valence-electron chi connectivity index (χ3n) is 4.11. The lowest BCUT2D eigenvalue weighted by Crippen LogP contribution is -2.39. The number of benzene rings is 1. The first-order valence-electron chi connectivity index (χ1n) is 6.81. The second kappa shape index (κ2) is 5.60. The van der Waals surface area contributed by atoms with Crippen LogP contribution in [-0.2, 0) is 23.4 Å². The van der Waals surface area contributed by atoms with Crippen LogP contribution in [0.3, 0.4) is 0 Å². The maximum atomic E-state index is 6.14. The molecule has 1 aromatic rings. The maximum Gasteiger partial charge on any atom is 0.0963 e. The van der Waals surface area contributed by atoms with E-state index < -0.39 is 0 Å². The molecule has 0 bridgehead atoms. The van der Waals surface area contributed by atoms with Gasteiger partial charge in [0.25, 0.3) is 0 Å². The van der Waals surface area contributed by atoms with E-state index in [9.17, 15) is 0 Å². The van der Waals surface area contributed by atoms with Crippen molar-refractivity contribution >= 4 is 12.4 Å². The van der Waals surface area contributed by atoms with Crippen LogP contribution in [0.25, 0.3) is 0 Å². The predicted octanol–water partition coefficient (Wildman–Crippen LogP) is 3.17. The van der Waals surface area contributed by atoms with Gasteiger partial charge in [0.1, 0.15) is 0 Å². The van der Waals surface area contributed by atoms with Crippen molar-refractivity contribution < 1.29 is 4.74 Å². The fourth-order valence-electron chi connectivity index (χ4n) is 3.19. The van der Waals surface area contributed by atoms with Crippen LogP contribution in [0.1, 0.15) is 42.9 Å². The molecule has 0 saturated carbocycles. The third-order valence-corrected chi connectivity index (χ3v) is 4.11. The molecule has 1 spiro atoms. The molecule has 0 atom stereocenters. The van der Waals surface area contributed by atoms with Crippen molar-refractivity contribution in [2.75, 3.05) is 13.1 Å². The van der Waals surface area contributed by atoms with E-state index in [1.807, 2.05) is 0 Å². The molecular weight excluding hydrogens is 246 g/mol. The zero-order chi connectivity index (χ0) is 11.7. The van der Waals surface area contributed by atoms with Gasteiger partial charge in [0.15, 0.2) is 0 Å². The lowest BCUT2D eigenvalue weighted by Gasteiger charge is -2.34. The molecule has 1 N–H and O–H groups in total. The number of rotatable bonds is 2. The minimum Gasteiger partial charge on any atom is -0.365 e. The minimum absolute atomic E-state index is 0. The number of hydrogen-bond acceptors (Lipinski definition) is 2. The average Bonchev–Trinajstić information content (AvgIpc) is 2.70. The molecule has 1 aromatic carbocycles. The molecule has 0 radical (unpaired) electrons. The fourth-order valence-corrected chi connectivity index (χ4v) is 3.19. The van der Waals surface area contributed by atoms with E-state index >= 15 is 0 Å². The van der Waals surface area contributed by atoms with Crippen LogP contribution < -0.4 is 5.32 Å².